The first-order valence-corrected chi connectivity index (χ1v) is 11.6. The summed E-state index contributed by atoms with van der Waals surface area (Å²) in [6, 6.07) is 0. The molecular weight excluding hydrogens is 478 g/mol. The van der Waals surface area contributed by atoms with Gasteiger partial charge in [-0.1, -0.05) is 0 Å². The number of hydrogen-bond acceptors (Lipinski definition) is 13. The van der Waals surface area contributed by atoms with Gasteiger partial charge in [-0.05, 0) is 13.8 Å². The largest absolute Gasteiger partial charge is 0.461 e. The van der Waals surface area contributed by atoms with Crippen LogP contribution in [0.2, 0.25) is 0 Å². The molecular formula is C22H33N5O9. The number of esters is 1. The minimum absolute atomic E-state index is 0.0724. The summed E-state index contributed by atoms with van der Waals surface area (Å²) in [4.78, 5) is 25.4. The van der Waals surface area contributed by atoms with E-state index in [1.54, 1.807) is 25.1 Å². The monoisotopic (exact) mass is 511 g/mol. The fourth-order valence-electron chi connectivity index (χ4n) is 4.16. The Labute approximate surface area is 208 Å². The van der Waals surface area contributed by atoms with Crippen LogP contribution in [0.5, 0.6) is 0 Å². The van der Waals surface area contributed by atoms with Crippen molar-refractivity contribution in [3.05, 3.63) is 12.7 Å². The van der Waals surface area contributed by atoms with Crippen LogP contribution in [-0.2, 0) is 42.7 Å². The highest BCUT2D eigenvalue weighted by Crippen LogP contribution is 2.43. The van der Waals surface area contributed by atoms with Gasteiger partial charge in [0.15, 0.2) is 29.6 Å². The summed E-state index contributed by atoms with van der Waals surface area (Å²) in [6.45, 7) is 4.55. The maximum Gasteiger partial charge on any atom is 0.335 e. The quantitative estimate of drug-likeness (QED) is 0.224. The van der Waals surface area contributed by atoms with Crippen molar-refractivity contribution in [2.75, 3.05) is 53.2 Å². The van der Waals surface area contributed by atoms with Gasteiger partial charge in [0.2, 0.25) is 0 Å². The Morgan fingerprint density at radius 2 is 1.92 bits per heavy atom. The number of nitrogen functional groups attached to an aromatic ring is 1. The number of carbonyl (C=O) groups is 1. The Kier molecular flexibility index (Phi) is 8.66. The zero-order valence-electron chi connectivity index (χ0n) is 20.8. The number of fused-ring (bicyclic) bond motifs is 2. The van der Waals surface area contributed by atoms with E-state index >= 15 is 0 Å². The molecule has 1 unspecified atom stereocenters. The van der Waals surface area contributed by atoms with Gasteiger partial charge in [-0.15, -0.1) is 0 Å². The predicted molar refractivity (Wildman–Crippen MR) is 122 cm³/mol. The zero-order chi connectivity index (χ0) is 25.7. The zero-order valence-corrected chi connectivity index (χ0v) is 20.8. The Morgan fingerprint density at radius 3 is 2.69 bits per heavy atom. The second kappa shape index (κ2) is 11.7. The molecule has 0 saturated carbocycles. The number of hydrogen-bond donors (Lipinski definition) is 1. The summed E-state index contributed by atoms with van der Waals surface area (Å²) in [5.74, 6) is -1.15. The Bertz CT molecular complexity index is 1020. The normalized spacial score (nSPS) is 25.8. The van der Waals surface area contributed by atoms with E-state index in [-0.39, 0.29) is 19.2 Å². The van der Waals surface area contributed by atoms with Crippen molar-refractivity contribution in [2.24, 2.45) is 0 Å². The van der Waals surface area contributed by atoms with Gasteiger partial charge in [0.1, 0.15) is 43.6 Å². The molecule has 14 nitrogen and oxygen atoms in total. The minimum Gasteiger partial charge on any atom is -0.461 e. The Hall–Kier alpha value is -2.46. The van der Waals surface area contributed by atoms with E-state index in [2.05, 4.69) is 15.0 Å². The first kappa shape index (κ1) is 26.6. The van der Waals surface area contributed by atoms with Crippen molar-refractivity contribution in [3.8, 4) is 0 Å². The first-order chi connectivity index (χ1) is 17.3. The van der Waals surface area contributed by atoms with Gasteiger partial charge in [0.25, 0.3) is 0 Å². The van der Waals surface area contributed by atoms with E-state index in [0.29, 0.717) is 37.4 Å². The maximum atomic E-state index is 12.8. The van der Waals surface area contributed by atoms with Gasteiger partial charge in [0, 0.05) is 27.2 Å². The summed E-state index contributed by atoms with van der Waals surface area (Å²) >= 11 is 0. The molecule has 14 heteroatoms. The fourth-order valence-corrected chi connectivity index (χ4v) is 4.16. The molecule has 2 saturated heterocycles. The van der Waals surface area contributed by atoms with Gasteiger partial charge in [-0.2, -0.15) is 0 Å². The molecule has 0 aliphatic carbocycles. The molecule has 2 aliphatic heterocycles. The summed E-state index contributed by atoms with van der Waals surface area (Å²) < 4.78 is 46.6. The van der Waals surface area contributed by atoms with Crippen LogP contribution in [0.3, 0.4) is 0 Å². The maximum absolute atomic E-state index is 12.8. The van der Waals surface area contributed by atoms with Crippen molar-refractivity contribution in [3.63, 3.8) is 0 Å². The number of aromatic nitrogens is 4. The number of methoxy groups -OCH3 is 2. The number of nitrogens with two attached hydrogens (primary N) is 1. The standard InChI is InChI=1S/C22H33N5O9/c1-22(2)35-16-14(9-32-21(28)13(5-6-29-3)33-12-31-8-7-30-4)34-20(17(16)36-22)27-11-26-15-18(23)24-10-25-19(15)27/h10-11,13-14,16-17,20H,5-9,12H2,1-4H3,(H2,23,24,25)/t13?,14-,16-,17-,20-/m1/s1. The van der Waals surface area contributed by atoms with Gasteiger partial charge in [0.05, 0.1) is 19.5 Å². The Balaban J connectivity index is 1.42. The fraction of sp³-hybridized carbons (Fsp3) is 0.727. The van der Waals surface area contributed by atoms with Crippen molar-refractivity contribution < 1.29 is 42.7 Å². The van der Waals surface area contributed by atoms with Gasteiger partial charge in [-0.25, -0.2) is 19.7 Å². The van der Waals surface area contributed by atoms with Gasteiger partial charge in [-0.3, -0.25) is 4.57 Å². The van der Waals surface area contributed by atoms with Gasteiger partial charge >= 0.3 is 5.97 Å². The lowest BCUT2D eigenvalue weighted by Crippen LogP contribution is -2.36. The molecule has 2 N–H and O–H groups in total. The molecule has 0 amide bonds. The molecule has 2 aromatic rings. The number of nitrogens with zero attached hydrogens (tertiary/aromatic N) is 4. The number of rotatable bonds is 13. The molecule has 2 aliphatic rings. The van der Waals surface area contributed by atoms with Crippen LogP contribution in [-0.4, -0.2) is 103 Å². The van der Waals surface area contributed by atoms with Crippen LogP contribution in [0, 0.1) is 0 Å². The van der Waals surface area contributed by atoms with Crippen molar-refractivity contribution >= 4 is 23.0 Å². The molecule has 2 fully saturated rings. The van der Waals surface area contributed by atoms with E-state index < -0.39 is 42.4 Å². The lowest BCUT2D eigenvalue weighted by atomic mass is 10.1. The SMILES string of the molecule is COCCOCOC(CCOC)C(=O)OC[C@H]1O[C@@H](n2cnc3c(N)ncnc32)[C@@H]2OC(C)(C)O[C@@H]21. The molecule has 2 aromatic heterocycles. The van der Waals surface area contributed by atoms with Crippen molar-refractivity contribution in [1.29, 1.82) is 0 Å². The topological polar surface area (TPSA) is 161 Å². The Morgan fingerprint density at radius 1 is 1.14 bits per heavy atom. The lowest BCUT2D eigenvalue weighted by molar-refractivity contribution is -0.204. The molecule has 0 bridgehead atoms. The highest BCUT2D eigenvalue weighted by molar-refractivity contribution is 5.81. The molecule has 0 spiro atoms. The molecule has 0 radical (unpaired) electrons. The van der Waals surface area contributed by atoms with Crippen molar-refractivity contribution in [1.82, 2.24) is 19.5 Å². The van der Waals surface area contributed by atoms with E-state index in [9.17, 15) is 4.79 Å². The number of imidazole rings is 1. The number of anilines is 1. The minimum atomic E-state index is -0.866. The van der Waals surface area contributed by atoms with Crippen LogP contribution in [0.4, 0.5) is 5.82 Å². The molecule has 0 aromatic carbocycles. The van der Waals surface area contributed by atoms with E-state index in [0.717, 1.165) is 0 Å². The third-order valence-electron chi connectivity index (χ3n) is 5.81. The molecule has 36 heavy (non-hydrogen) atoms. The first-order valence-electron chi connectivity index (χ1n) is 11.6. The van der Waals surface area contributed by atoms with Gasteiger partial charge < -0.3 is 43.6 Å². The average molecular weight is 512 g/mol. The predicted octanol–water partition coefficient (Wildman–Crippen LogP) is 0.411. The second-order valence-corrected chi connectivity index (χ2v) is 8.80. The highest BCUT2D eigenvalue weighted by Gasteiger charge is 2.56. The van der Waals surface area contributed by atoms with Crippen LogP contribution in [0.1, 0.15) is 26.5 Å². The third-order valence-corrected chi connectivity index (χ3v) is 5.81. The number of ether oxygens (including phenoxy) is 8. The molecule has 200 valence electrons. The number of carbonyl (C=O) groups excluding carboxylic acids is 1. The summed E-state index contributed by atoms with van der Waals surface area (Å²) in [6.07, 6.45) is 0.137. The molecule has 4 heterocycles. The van der Waals surface area contributed by atoms with Crippen LogP contribution in [0.15, 0.2) is 12.7 Å². The van der Waals surface area contributed by atoms with E-state index in [1.165, 1.54) is 6.33 Å². The highest BCUT2D eigenvalue weighted by atomic mass is 16.8. The second-order valence-electron chi connectivity index (χ2n) is 8.80. The van der Waals surface area contributed by atoms with E-state index in [4.69, 9.17) is 43.6 Å². The van der Waals surface area contributed by atoms with E-state index in [1.807, 2.05) is 13.8 Å². The summed E-state index contributed by atoms with van der Waals surface area (Å²) in [7, 11) is 3.11. The van der Waals surface area contributed by atoms with Crippen LogP contribution in [0.25, 0.3) is 11.2 Å². The average Bonchev–Trinajstić information content (AvgIpc) is 3.50. The van der Waals surface area contributed by atoms with Crippen LogP contribution >= 0.6 is 0 Å². The lowest BCUT2D eigenvalue weighted by Gasteiger charge is -2.25. The smallest absolute Gasteiger partial charge is 0.335 e. The summed E-state index contributed by atoms with van der Waals surface area (Å²) in [5.41, 5.74) is 6.88. The third kappa shape index (κ3) is 5.91. The van der Waals surface area contributed by atoms with Crippen LogP contribution < -0.4 is 5.73 Å². The molecule has 5 atom stereocenters. The summed E-state index contributed by atoms with van der Waals surface area (Å²) in [5, 5.41) is 0. The van der Waals surface area contributed by atoms with Crippen molar-refractivity contribution in [2.45, 2.75) is 56.7 Å². The molecule has 4 rings (SSSR count).